The third-order valence-electron chi connectivity index (χ3n) is 2.94. The van der Waals surface area contributed by atoms with Crippen LogP contribution >= 0.6 is 0 Å². The van der Waals surface area contributed by atoms with Crippen molar-refractivity contribution in [2.75, 3.05) is 0 Å². The van der Waals surface area contributed by atoms with Crippen molar-refractivity contribution in [3.8, 4) is 16.9 Å². The number of carbonyl (C=O) groups is 1. The van der Waals surface area contributed by atoms with Crippen molar-refractivity contribution >= 4 is 5.97 Å². The maximum atomic E-state index is 11.6. The predicted molar refractivity (Wildman–Crippen MR) is 81.3 cm³/mol. The van der Waals surface area contributed by atoms with Crippen LogP contribution in [0.1, 0.15) is 10.4 Å². The lowest BCUT2D eigenvalue weighted by molar-refractivity contribution is -0.377. The molecule has 2 N–H and O–H groups in total. The molecule has 0 fully saturated rings. The predicted octanol–water partition coefficient (Wildman–Crippen LogP) is 2.63. The van der Waals surface area contributed by atoms with Gasteiger partial charge in [0.1, 0.15) is 0 Å². The van der Waals surface area contributed by atoms with Crippen LogP contribution < -0.4 is 10.1 Å². The fourth-order valence-corrected chi connectivity index (χ4v) is 1.94. The highest BCUT2D eigenvalue weighted by Gasteiger charge is 2.10. The van der Waals surface area contributed by atoms with Crippen molar-refractivity contribution in [2.45, 2.75) is 0 Å². The molecule has 3 aromatic rings. The number of hydrogen-bond donors (Lipinski definition) is 1. The molecular weight excluding hydrogens is 278 g/mol. The van der Waals surface area contributed by atoms with Gasteiger partial charge in [0.05, 0.1) is 5.56 Å². The highest BCUT2D eigenvalue weighted by atomic mass is 16.4. The lowest BCUT2D eigenvalue weighted by atomic mass is 9.99. The minimum atomic E-state index is -1.03. The first-order valence-electron chi connectivity index (χ1n) is 6.70. The molecule has 4 nitrogen and oxygen atoms in total. The molecule has 0 spiro atoms. The number of benzene rings is 2. The molecule has 22 heavy (non-hydrogen) atoms. The van der Waals surface area contributed by atoms with Crippen molar-refractivity contribution in [2.24, 2.45) is 0 Å². The number of H-pyrrole nitrogens is 1. The molecule has 0 bridgehead atoms. The Morgan fingerprint density at radius 1 is 0.818 bits per heavy atom. The molecule has 0 amide bonds. The quantitative estimate of drug-likeness (QED) is 0.789. The number of carboxylic acids is 1. The standard InChI is InChI=1S/C13H10O3.C5H5N/c14-12-8-4-3-6-10(12)9-5-1-2-7-11(9)13(15)16;1-2-4-6-5-3-1/h1-8,14H,(H,15,16);1-5H. The van der Waals surface area contributed by atoms with Gasteiger partial charge in [-0.05, 0) is 17.2 Å². The zero-order chi connectivity index (χ0) is 15.8. The summed E-state index contributed by atoms with van der Waals surface area (Å²) in [5.41, 5.74) is 1.02. The summed E-state index contributed by atoms with van der Waals surface area (Å²) < 4.78 is 0. The molecule has 3 rings (SSSR count). The second kappa shape index (κ2) is 7.59. The molecule has 0 unspecified atom stereocenters. The van der Waals surface area contributed by atoms with Crippen molar-refractivity contribution in [3.63, 3.8) is 0 Å². The van der Waals surface area contributed by atoms with Crippen LogP contribution in [0.15, 0.2) is 79.1 Å². The fraction of sp³-hybridized carbons (Fsp3) is 0. The number of aromatic nitrogens is 1. The zero-order valence-electron chi connectivity index (χ0n) is 11.8. The van der Waals surface area contributed by atoms with Gasteiger partial charge in [-0.2, -0.15) is 0 Å². The molecular formula is C18H15NO3. The Hall–Kier alpha value is -3.14. The molecule has 110 valence electrons. The van der Waals surface area contributed by atoms with Gasteiger partial charge in [0.15, 0.2) is 12.4 Å². The summed E-state index contributed by atoms with van der Waals surface area (Å²) >= 11 is 0. The third-order valence-corrected chi connectivity index (χ3v) is 2.94. The van der Waals surface area contributed by atoms with E-state index in [9.17, 15) is 9.90 Å². The summed E-state index contributed by atoms with van der Waals surface area (Å²) in [6.45, 7) is 0. The molecule has 0 saturated carbocycles. The van der Waals surface area contributed by atoms with Gasteiger partial charge >= 0.3 is 5.97 Å². The number of hydrogen-bond acceptors (Lipinski definition) is 2. The molecule has 1 heterocycles. The Bertz CT molecular complexity index is 715. The van der Waals surface area contributed by atoms with Crippen LogP contribution in [0.3, 0.4) is 0 Å². The number of carboxylic acid groups (broad SMARTS) is 1. The van der Waals surface area contributed by atoms with E-state index in [0.29, 0.717) is 11.1 Å². The van der Waals surface area contributed by atoms with Crippen molar-refractivity contribution in [1.82, 2.24) is 0 Å². The van der Waals surface area contributed by atoms with Gasteiger partial charge in [0, 0.05) is 12.1 Å². The maximum Gasteiger partial charge on any atom is 0.336 e. The van der Waals surface area contributed by atoms with E-state index in [-0.39, 0.29) is 11.3 Å². The molecule has 0 radical (unpaired) electrons. The van der Waals surface area contributed by atoms with Crippen LogP contribution in [-0.2, 0) is 0 Å². The molecule has 0 saturated heterocycles. The average Bonchev–Trinajstić information content (AvgIpc) is 2.57. The third kappa shape index (κ3) is 3.93. The highest BCUT2D eigenvalue weighted by Crippen LogP contribution is 2.29. The van der Waals surface area contributed by atoms with E-state index in [4.69, 9.17) is 5.11 Å². The molecule has 0 aliphatic heterocycles. The van der Waals surface area contributed by atoms with E-state index >= 15 is 0 Å². The first-order valence-corrected chi connectivity index (χ1v) is 6.70. The van der Waals surface area contributed by atoms with Crippen LogP contribution in [0.5, 0.6) is 5.75 Å². The molecule has 0 aliphatic carbocycles. The maximum absolute atomic E-state index is 11.6. The fourth-order valence-electron chi connectivity index (χ4n) is 1.94. The van der Waals surface area contributed by atoms with Gasteiger partial charge in [0.25, 0.3) is 0 Å². The van der Waals surface area contributed by atoms with Crippen LogP contribution in [0.4, 0.5) is 0 Å². The van der Waals surface area contributed by atoms with Crippen LogP contribution in [0.25, 0.3) is 11.1 Å². The SMILES string of the molecule is O=C(O)c1ccccc1-c1ccccc1[O-].c1cc[nH+]cc1. The van der Waals surface area contributed by atoms with Crippen LogP contribution in [0.2, 0.25) is 0 Å². The van der Waals surface area contributed by atoms with Crippen molar-refractivity contribution in [1.29, 1.82) is 0 Å². The van der Waals surface area contributed by atoms with Gasteiger partial charge in [-0.1, -0.05) is 48.5 Å². The minimum absolute atomic E-state index is 0.144. The second-order valence-corrected chi connectivity index (χ2v) is 4.42. The van der Waals surface area contributed by atoms with E-state index in [1.54, 1.807) is 36.4 Å². The normalized spacial score (nSPS) is 9.45. The van der Waals surface area contributed by atoms with E-state index in [0.717, 1.165) is 0 Å². The number of rotatable bonds is 2. The first-order chi connectivity index (χ1) is 10.7. The Morgan fingerprint density at radius 3 is 1.91 bits per heavy atom. The van der Waals surface area contributed by atoms with E-state index < -0.39 is 5.97 Å². The number of aromatic amines is 1. The summed E-state index contributed by atoms with van der Waals surface area (Å²) in [4.78, 5) is 13.9. The number of para-hydroxylation sites is 1. The first kappa shape index (κ1) is 15.3. The van der Waals surface area contributed by atoms with Crippen LogP contribution in [0, 0.1) is 0 Å². The summed E-state index contributed by atoms with van der Waals surface area (Å²) in [6, 6.07) is 18.7. The van der Waals surface area contributed by atoms with Crippen molar-refractivity contribution < 1.29 is 20.0 Å². The van der Waals surface area contributed by atoms with E-state index in [1.807, 2.05) is 30.6 Å². The number of aromatic carboxylic acids is 1. The summed E-state index contributed by atoms with van der Waals surface area (Å²) in [7, 11) is 0. The minimum Gasteiger partial charge on any atom is -0.872 e. The lowest BCUT2D eigenvalue weighted by Gasteiger charge is -2.14. The van der Waals surface area contributed by atoms with Crippen molar-refractivity contribution in [3.05, 3.63) is 84.7 Å². The Balaban J connectivity index is 0.000000246. The average molecular weight is 293 g/mol. The topological polar surface area (TPSA) is 74.5 Å². The Labute approximate surface area is 128 Å². The molecule has 1 aromatic heterocycles. The van der Waals surface area contributed by atoms with Gasteiger partial charge in [0.2, 0.25) is 0 Å². The van der Waals surface area contributed by atoms with Crippen LogP contribution in [-0.4, -0.2) is 11.1 Å². The van der Waals surface area contributed by atoms with Gasteiger partial charge in [-0.3, -0.25) is 0 Å². The number of nitrogens with one attached hydrogen (secondary N) is 1. The van der Waals surface area contributed by atoms with E-state index in [1.165, 1.54) is 12.1 Å². The largest absolute Gasteiger partial charge is 0.872 e. The van der Waals surface area contributed by atoms with Gasteiger partial charge < -0.3 is 10.2 Å². The highest BCUT2D eigenvalue weighted by molar-refractivity contribution is 5.96. The van der Waals surface area contributed by atoms with E-state index in [2.05, 4.69) is 4.98 Å². The molecule has 0 atom stereocenters. The lowest BCUT2D eigenvalue weighted by Crippen LogP contribution is -2.01. The summed E-state index contributed by atoms with van der Waals surface area (Å²) in [5, 5.41) is 20.6. The Kier molecular flexibility index (Phi) is 5.26. The Morgan fingerprint density at radius 2 is 1.41 bits per heavy atom. The summed E-state index contributed by atoms with van der Waals surface area (Å²) in [5.74, 6) is -1.20. The van der Waals surface area contributed by atoms with Gasteiger partial charge in [-0.15, -0.1) is 5.75 Å². The summed E-state index contributed by atoms with van der Waals surface area (Å²) in [6.07, 6.45) is 3.75. The smallest absolute Gasteiger partial charge is 0.336 e. The zero-order valence-corrected chi connectivity index (χ0v) is 11.8. The molecule has 4 heteroatoms. The van der Waals surface area contributed by atoms with Gasteiger partial charge in [-0.25, -0.2) is 9.78 Å². The monoisotopic (exact) mass is 293 g/mol. The second-order valence-electron chi connectivity index (χ2n) is 4.42. The number of pyridine rings is 1. The molecule has 0 aliphatic rings. The molecule has 2 aromatic carbocycles.